The predicted molar refractivity (Wildman–Crippen MR) is 86.3 cm³/mol. The molecule has 0 saturated carbocycles. The zero-order chi connectivity index (χ0) is 15.5. The van der Waals surface area contributed by atoms with E-state index >= 15 is 0 Å². The molecule has 0 aromatic rings. The van der Waals surface area contributed by atoms with Gasteiger partial charge in [-0.2, -0.15) is 17.0 Å². The van der Waals surface area contributed by atoms with Crippen LogP contribution in [0.15, 0.2) is 0 Å². The van der Waals surface area contributed by atoms with Crippen molar-refractivity contribution in [1.29, 1.82) is 0 Å². The van der Waals surface area contributed by atoms with Crippen LogP contribution in [0.1, 0.15) is 46.5 Å². The predicted octanol–water partition coefficient (Wildman–Crippen LogP) is 1.67. The van der Waals surface area contributed by atoms with Crippen LogP contribution in [-0.2, 0) is 10.2 Å². The quantitative estimate of drug-likeness (QED) is 0.839. The molecule has 0 aromatic heterocycles. The van der Waals surface area contributed by atoms with Crippen molar-refractivity contribution in [2.24, 2.45) is 11.8 Å². The SMILES string of the molecule is CCCN(C1CCCNC1)S(=O)(=O)N1CC(C)CC(C)C1. The Morgan fingerprint density at radius 1 is 1.24 bits per heavy atom. The number of nitrogens with zero attached hydrogens (tertiary/aromatic N) is 2. The maximum atomic E-state index is 13.1. The lowest BCUT2D eigenvalue weighted by Gasteiger charge is -2.40. The van der Waals surface area contributed by atoms with Crippen molar-refractivity contribution in [2.45, 2.75) is 52.5 Å². The van der Waals surface area contributed by atoms with Crippen LogP contribution in [-0.4, -0.2) is 55.8 Å². The second-order valence-electron chi connectivity index (χ2n) is 6.88. The summed E-state index contributed by atoms with van der Waals surface area (Å²) in [6.45, 7) is 10.1. The minimum atomic E-state index is -3.33. The molecule has 1 N–H and O–H groups in total. The highest BCUT2D eigenvalue weighted by Crippen LogP contribution is 2.26. The fraction of sp³-hybridized carbons (Fsp3) is 1.00. The third-order valence-electron chi connectivity index (χ3n) is 4.58. The topological polar surface area (TPSA) is 52.7 Å². The third kappa shape index (κ3) is 4.18. The Bertz CT molecular complexity index is 411. The van der Waals surface area contributed by atoms with Gasteiger partial charge >= 0.3 is 0 Å². The summed E-state index contributed by atoms with van der Waals surface area (Å²) in [4.78, 5) is 0. The fourth-order valence-electron chi connectivity index (χ4n) is 3.73. The Balaban J connectivity index is 2.16. The first-order chi connectivity index (χ1) is 9.95. The van der Waals surface area contributed by atoms with E-state index in [0.29, 0.717) is 31.5 Å². The molecule has 2 saturated heterocycles. The van der Waals surface area contributed by atoms with Gasteiger partial charge in [-0.3, -0.25) is 0 Å². The molecule has 2 rings (SSSR count). The summed E-state index contributed by atoms with van der Waals surface area (Å²) in [6, 6.07) is 0.122. The van der Waals surface area contributed by atoms with Crippen molar-refractivity contribution in [3.63, 3.8) is 0 Å². The van der Waals surface area contributed by atoms with Gasteiger partial charge in [0.05, 0.1) is 0 Å². The molecule has 6 heteroatoms. The average Bonchev–Trinajstić information content (AvgIpc) is 2.44. The number of hydrogen-bond donors (Lipinski definition) is 1. The maximum Gasteiger partial charge on any atom is 0.282 e. The van der Waals surface area contributed by atoms with Gasteiger partial charge in [0, 0.05) is 32.2 Å². The molecule has 5 nitrogen and oxygen atoms in total. The summed E-state index contributed by atoms with van der Waals surface area (Å²) in [5, 5.41) is 3.34. The largest absolute Gasteiger partial charge is 0.315 e. The number of hydrogen-bond acceptors (Lipinski definition) is 3. The second kappa shape index (κ2) is 7.40. The standard InChI is InChI=1S/C15H31N3O2S/c1-4-8-18(15-6-5-7-16-10-15)21(19,20)17-11-13(2)9-14(3)12-17/h13-16H,4-12H2,1-3H3. The summed E-state index contributed by atoms with van der Waals surface area (Å²) in [5.74, 6) is 0.910. The van der Waals surface area contributed by atoms with Crippen LogP contribution in [0.3, 0.4) is 0 Å². The number of rotatable bonds is 5. The highest BCUT2D eigenvalue weighted by Gasteiger charge is 2.38. The fourth-order valence-corrected chi connectivity index (χ4v) is 5.88. The van der Waals surface area contributed by atoms with Gasteiger partial charge in [-0.15, -0.1) is 0 Å². The van der Waals surface area contributed by atoms with Crippen molar-refractivity contribution in [3.8, 4) is 0 Å². The van der Waals surface area contributed by atoms with E-state index in [4.69, 9.17) is 0 Å². The lowest BCUT2D eigenvalue weighted by atomic mass is 9.94. The molecule has 2 aliphatic heterocycles. The normalized spacial score (nSPS) is 32.5. The number of nitrogens with one attached hydrogen (secondary N) is 1. The molecule has 0 radical (unpaired) electrons. The van der Waals surface area contributed by atoms with Crippen LogP contribution in [0.2, 0.25) is 0 Å². The van der Waals surface area contributed by atoms with Crippen LogP contribution < -0.4 is 5.32 Å². The van der Waals surface area contributed by atoms with E-state index in [1.54, 1.807) is 8.61 Å². The summed E-state index contributed by atoms with van der Waals surface area (Å²) >= 11 is 0. The van der Waals surface area contributed by atoms with Crippen LogP contribution in [0.4, 0.5) is 0 Å². The van der Waals surface area contributed by atoms with Gasteiger partial charge in [0.15, 0.2) is 0 Å². The number of piperidine rings is 2. The van der Waals surface area contributed by atoms with Crippen LogP contribution in [0, 0.1) is 11.8 Å². The third-order valence-corrected chi connectivity index (χ3v) is 6.60. The molecule has 0 aliphatic carbocycles. The molecule has 0 amide bonds. The molecule has 2 fully saturated rings. The molecular formula is C15H31N3O2S. The van der Waals surface area contributed by atoms with Gasteiger partial charge in [-0.1, -0.05) is 20.8 Å². The van der Waals surface area contributed by atoms with Gasteiger partial charge in [0.25, 0.3) is 10.2 Å². The Kier molecular flexibility index (Phi) is 6.05. The molecule has 124 valence electrons. The maximum absolute atomic E-state index is 13.1. The van der Waals surface area contributed by atoms with Gasteiger partial charge in [-0.25, -0.2) is 0 Å². The minimum absolute atomic E-state index is 0.122. The summed E-state index contributed by atoms with van der Waals surface area (Å²) in [6.07, 6.45) is 4.04. The van der Waals surface area contributed by atoms with Crippen molar-refractivity contribution in [3.05, 3.63) is 0 Å². The first-order valence-electron chi connectivity index (χ1n) is 8.42. The smallest absolute Gasteiger partial charge is 0.282 e. The van der Waals surface area contributed by atoms with E-state index in [0.717, 1.165) is 38.8 Å². The first-order valence-corrected chi connectivity index (χ1v) is 9.82. The van der Waals surface area contributed by atoms with Crippen molar-refractivity contribution < 1.29 is 8.42 Å². The van der Waals surface area contributed by atoms with E-state index in [-0.39, 0.29) is 6.04 Å². The van der Waals surface area contributed by atoms with E-state index < -0.39 is 10.2 Å². The van der Waals surface area contributed by atoms with Crippen molar-refractivity contribution in [2.75, 3.05) is 32.7 Å². The Morgan fingerprint density at radius 3 is 2.43 bits per heavy atom. The van der Waals surface area contributed by atoms with Gasteiger partial charge in [0.1, 0.15) is 0 Å². The average molecular weight is 317 g/mol. The molecule has 21 heavy (non-hydrogen) atoms. The van der Waals surface area contributed by atoms with E-state index in [2.05, 4.69) is 26.1 Å². The Labute approximate surface area is 130 Å². The monoisotopic (exact) mass is 317 g/mol. The molecule has 0 spiro atoms. The summed E-state index contributed by atoms with van der Waals surface area (Å²) in [5.41, 5.74) is 0. The lowest BCUT2D eigenvalue weighted by Crippen LogP contribution is -2.55. The van der Waals surface area contributed by atoms with Gasteiger partial charge < -0.3 is 5.32 Å². The van der Waals surface area contributed by atoms with Crippen LogP contribution >= 0.6 is 0 Å². The van der Waals surface area contributed by atoms with Crippen molar-refractivity contribution >= 4 is 10.2 Å². The van der Waals surface area contributed by atoms with E-state index in [9.17, 15) is 8.42 Å². The van der Waals surface area contributed by atoms with Gasteiger partial charge in [-0.05, 0) is 44.1 Å². The first kappa shape index (κ1) is 17.2. The zero-order valence-electron chi connectivity index (χ0n) is 13.7. The molecule has 3 unspecified atom stereocenters. The van der Waals surface area contributed by atoms with E-state index in [1.165, 1.54) is 0 Å². The lowest BCUT2D eigenvalue weighted by molar-refractivity contribution is 0.191. The highest BCUT2D eigenvalue weighted by atomic mass is 32.2. The highest BCUT2D eigenvalue weighted by molar-refractivity contribution is 7.86. The summed E-state index contributed by atoms with van der Waals surface area (Å²) < 4.78 is 29.7. The molecule has 3 atom stereocenters. The summed E-state index contributed by atoms with van der Waals surface area (Å²) in [7, 11) is -3.33. The molecule has 0 aromatic carbocycles. The van der Waals surface area contributed by atoms with Crippen molar-refractivity contribution in [1.82, 2.24) is 13.9 Å². The Hall–Kier alpha value is -0.170. The molecule has 0 bridgehead atoms. The minimum Gasteiger partial charge on any atom is -0.315 e. The van der Waals surface area contributed by atoms with E-state index in [1.807, 2.05) is 0 Å². The van der Waals surface area contributed by atoms with Gasteiger partial charge in [0.2, 0.25) is 0 Å². The van der Waals surface area contributed by atoms with Crippen LogP contribution in [0.25, 0.3) is 0 Å². The van der Waals surface area contributed by atoms with Crippen LogP contribution in [0.5, 0.6) is 0 Å². The molecular weight excluding hydrogens is 286 g/mol. The Morgan fingerprint density at radius 2 is 1.90 bits per heavy atom. The molecule has 2 aliphatic rings. The zero-order valence-corrected chi connectivity index (χ0v) is 14.5. The molecule has 2 heterocycles. The second-order valence-corrected chi connectivity index (χ2v) is 8.76.